The molecular weight excluding hydrogens is 430 g/mol. The Morgan fingerprint density at radius 1 is 1.00 bits per heavy atom. The summed E-state index contributed by atoms with van der Waals surface area (Å²) in [6, 6.07) is 13.9. The van der Waals surface area contributed by atoms with Gasteiger partial charge in [-0.15, -0.1) is 0 Å². The summed E-state index contributed by atoms with van der Waals surface area (Å²) >= 11 is 0. The minimum Gasteiger partial charge on any atom is -0.497 e. The third kappa shape index (κ3) is 3.90. The number of imide groups is 2. The van der Waals surface area contributed by atoms with Crippen LogP contribution in [0.1, 0.15) is 35.0 Å². The number of amides is 4. The van der Waals surface area contributed by atoms with E-state index in [-0.39, 0.29) is 5.57 Å². The third-order valence-electron chi connectivity index (χ3n) is 6.13. The summed E-state index contributed by atoms with van der Waals surface area (Å²) in [5.74, 6) is -0.792. The van der Waals surface area contributed by atoms with Gasteiger partial charge in [-0.05, 0) is 80.3 Å². The fourth-order valence-electron chi connectivity index (χ4n) is 4.38. The van der Waals surface area contributed by atoms with Gasteiger partial charge in [0.1, 0.15) is 11.3 Å². The lowest BCUT2D eigenvalue weighted by molar-refractivity contribution is -0.122. The Morgan fingerprint density at radius 2 is 1.71 bits per heavy atom. The Hall–Kier alpha value is -4.13. The second-order valence-electron chi connectivity index (χ2n) is 8.25. The lowest BCUT2D eigenvalue weighted by Crippen LogP contribution is -2.54. The number of para-hydroxylation sites is 1. The van der Waals surface area contributed by atoms with Gasteiger partial charge < -0.3 is 9.30 Å². The van der Waals surface area contributed by atoms with E-state index in [1.54, 1.807) is 30.3 Å². The van der Waals surface area contributed by atoms with Gasteiger partial charge in [-0.1, -0.05) is 25.1 Å². The molecular formula is C27H27N3O4. The number of hydrogen-bond acceptors (Lipinski definition) is 4. The first kappa shape index (κ1) is 23.0. The van der Waals surface area contributed by atoms with Crippen molar-refractivity contribution < 1.29 is 19.1 Å². The zero-order valence-corrected chi connectivity index (χ0v) is 19.9. The lowest BCUT2D eigenvalue weighted by atomic mass is 10.0. The van der Waals surface area contributed by atoms with E-state index < -0.39 is 17.8 Å². The van der Waals surface area contributed by atoms with Crippen molar-refractivity contribution in [2.75, 3.05) is 12.0 Å². The highest BCUT2D eigenvalue weighted by Crippen LogP contribution is 2.29. The van der Waals surface area contributed by atoms with Crippen LogP contribution < -0.4 is 15.0 Å². The van der Waals surface area contributed by atoms with E-state index in [9.17, 15) is 14.4 Å². The molecule has 2 heterocycles. The van der Waals surface area contributed by atoms with Crippen LogP contribution in [0.15, 0.2) is 54.1 Å². The molecule has 0 radical (unpaired) electrons. The number of nitrogens with zero attached hydrogens (tertiary/aromatic N) is 2. The molecule has 1 aromatic heterocycles. The Labute approximate surface area is 198 Å². The van der Waals surface area contributed by atoms with Crippen LogP contribution in [-0.4, -0.2) is 29.5 Å². The zero-order valence-electron chi connectivity index (χ0n) is 19.9. The SMILES string of the molecule is CCc1cccc(C)c1-n1c(C)cc(/C=C2\C(=O)NC(=O)N(c3ccc(OC)cc3)C2=O)c1C. The van der Waals surface area contributed by atoms with E-state index in [2.05, 4.69) is 35.9 Å². The van der Waals surface area contributed by atoms with Crippen LogP contribution in [-0.2, 0) is 16.0 Å². The first-order chi connectivity index (χ1) is 16.3. The lowest BCUT2D eigenvalue weighted by Gasteiger charge is -2.26. The Kier molecular flexibility index (Phi) is 6.11. The monoisotopic (exact) mass is 457 g/mol. The second kappa shape index (κ2) is 9.02. The molecule has 0 unspecified atom stereocenters. The number of rotatable bonds is 5. The first-order valence-electron chi connectivity index (χ1n) is 11.1. The number of carbonyl (C=O) groups excluding carboxylic acids is 3. The molecule has 1 N–H and O–H groups in total. The van der Waals surface area contributed by atoms with Crippen molar-refractivity contribution in [3.8, 4) is 11.4 Å². The van der Waals surface area contributed by atoms with Gasteiger partial charge >= 0.3 is 6.03 Å². The molecule has 3 aromatic rings. The predicted molar refractivity (Wildman–Crippen MR) is 131 cm³/mol. The number of urea groups is 1. The van der Waals surface area contributed by atoms with Crippen LogP contribution >= 0.6 is 0 Å². The van der Waals surface area contributed by atoms with Gasteiger partial charge in [0.2, 0.25) is 0 Å². The molecule has 0 spiro atoms. The number of barbiturate groups is 1. The number of aryl methyl sites for hydroxylation is 3. The fourth-order valence-corrected chi connectivity index (χ4v) is 4.38. The van der Waals surface area contributed by atoms with E-state index in [0.717, 1.165) is 39.5 Å². The summed E-state index contributed by atoms with van der Waals surface area (Å²) in [6.45, 7) is 8.15. The van der Waals surface area contributed by atoms with E-state index in [0.29, 0.717) is 11.4 Å². The summed E-state index contributed by atoms with van der Waals surface area (Å²) in [5, 5.41) is 2.28. The minimum atomic E-state index is -0.782. The molecule has 0 saturated carbocycles. The fraction of sp³-hybridized carbons (Fsp3) is 0.222. The number of methoxy groups -OCH3 is 1. The van der Waals surface area contributed by atoms with E-state index in [1.807, 2.05) is 26.0 Å². The standard InChI is InChI=1S/C27H27N3O4/c1-6-19-9-7-8-16(2)24(19)29-17(3)14-20(18(29)4)15-23-25(31)28-27(33)30(26(23)32)21-10-12-22(34-5)13-11-21/h7-15H,6H2,1-5H3,(H,28,31,33)/b23-15+. The summed E-state index contributed by atoms with van der Waals surface area (Å²) < 4.78 is 7.29. The molecule has 0 bridgehead atoms. The van der Waals surface area contributed by atoms with Gasteiger partial charge in [0.25, 0.3) is 11.8 Å². The quantitative estimate of drug-likeness (QED) is 0.447. The van der Waals surface area contributed by atoms with Crippen LogP contribution in [0.3, 0.4) is 0 Å². The molecule has 4 rings (SSSR count). The maximum Gasteiger partial charge on any atom is 0.335 e. The van der Waals surface area contributed by atoms with Crippen molar-refractivity contribution in [1.82, 2.24) is 9.88 Å². The smallest absolute Gasteiger partial charge is 0.335 e. The van der Waals surface area contributed by atoms with Gasteiger partial charge in [0.15, 0.2) is 0 Å². The molecule has 1 aliphatic rings. The summed E-state index contributed by atoms with van der Waals surface area (Å²) in [6.07, 6.45) is 2.44. The topological polar surface area (TPSA) is 80.6 Å². The van der Waals surface area contributed by atoms with E-state index in [1.165, 1.54) is 12.7 Å². The van der Waals surface area contributed by atoms with Gasteiger partial charge in [-0.25, -0.2) is 9.69 Å². The minimum absolute atomic E-state index is 0.101. The van der Waals surface area contributed by atoms with Crippen molar-refractivity contribution >= 4 is 29.6 Å². The van der Waals surface area contributed by atoms with Gasteiger partial charge in [0, 0.05) is 11.4 Å². The number of anilines is 1. The average molecular weight is 458 g/mol. The largest absolute Gasteiger partial charge is 0.497 e. The van der Waals surface area contributed by atoms with Crippen LogP contribution in [0.25, 0.3) is 11.8 Å². The molecule has 1 aliphatic heterocycles. The summed E-state index contributed by atoms with van der Waals surface area (Å²) in [4.78, 5) is 39.4. The van der Waals surface area contributed by atoms with Gasteiger partial charge in [-0.3, -0.25) is 14.9 Å². The van der Waals surface area contributed by atoms with Crippen LogP contribution in [0, 0.1) is 20.8 Å². The molecule has 7 heteroatoms. The second-order valence-corrected chi connectivity index (χ2v) is 8.25. The Morgan fingerprint density at radius 3 is 2.35 bits per heavy atom. The highest BCUT2D eigenvalue weighted by molar-refractivity contribution is 6.39. The molecule has 0 aliphatic carbocycles. The van der Waals surface area contributed by atoms with Crippen molar-refractivity contribution in [3.63, 3.8) is 0 Å². The normalized spacial score (nSPS) is 15.1. The van der Waals surface area contributed by atoms with Crippen LogP contribution in [0.5, 0.6) is 5.75 Å². The molecule has 1 saturated heterocycles. The number of nitrogens with one attached hydrogen (secondary N) is 1. The highest BCUT2D eigenvalue weighted by atomic mass is 16.5. The predicted octanol–water partition coefficient (Wildman–Crippen LogP) is 4.64. The van der Waals surface area contributed by atoms with Crippen LogP contribution in [0.2, 0.25) is 0 Å². The van der Waals surface area contributed by atoms with Crippen LogP contribution in [0.4, 0.5) is 10.5 Å². The van der Waals surface area contributed by atoms with Crippen molar-refractivity contribution in [2.45, 2.75) is 34.1 Å². The molecule has 34 heavy (non-hydrogen) atoms. The maximum atomic E-state index is 13.3. The Bertz CT molecular complexity index is 1330. The van der Waals surface area contributed by atoms with Crippen molar-refractivity contribution in [2.24, 2.45) is 0 Å². The first-order valence-corrected chi connectivity index (χ1v) is 11.1. The highest BCUT2D eigenvalue weighted by Gasteiger charge is 2.37. The number of carbonyl (C=O) groups is 3. The summed E-state index contributed by atoms with van der Waals surface area (Å²) in [7, 11) is 1.53. The van der Waals surface area contributed by atoms with Gasteiger partial charge in [-0.2, -0.15) is 0 Å². The number of hydrogen-bond donors (Lipinski definition) is 1. The molecule has 174 valence electrons. The molecule has 4 amide bonds. The van der Waals surface area contributed by atoms with E-state index >= 15 is 0 Å². The Balaban J connectivity index is 1.78. The van der Waals surface area contributed by atoms with Crippen molar-refractivity contribution in [3.05, 3.63) is 82.2 Å². The molecule has 1 fully saturated rings. The zero-order chi connectivity index (χ0) is 24.6. The summed E-state index contributed by atoms with van der Waals surface area (Å²) in [5.41, 5.74) is 6.34. The van der Waals surface area contributed by atoms with Gasteiger partial charge in [0.05, 0.1) is 18.5 Å². The number of benzene rings is 2. The van der Waals surface area contributed by atoms with E-state index in [4.69, 9.17) is 4.74 Å². The molecule has 2 aromatic carbocycles. The molecule has 0 atom stereocenters. The maximum absolute atomic E-state index is 13.3. The van der Waals surface area contributed by atoms with Crippen molar-refractivity contribution in [1.29, 1.82) is 0 Å². The third-order valence-corrected chi connectivity index (χ3v) is 6.13. The molecule has 7 nitrogen and oxygen atoms in total. The number of ether oxygens (including phenoxy) is 1. The average Bonchev–Trinajstić information content (AvgIpc) is 3.09. The number of aromatic nitrogens is 1.